The molecule has 0 fully saturated rings. The van der Waals surface area contributed by atoms with E-state index in [0.717, 1.165) is 5.56 Å². The normalized spacial score (nSPS) is 9.53. The van der Waals surface area contributed by atoms with Crippen LogP contribution in [0.15, 0.2) is 24.3 Å². The third-order valence-electron chi connectivity index (χ3n) is 2.20. The summed E-state index contributed by atoms with van der Waals surface area (Å²) in [7, 11) is 2.82. The van der Waals surface area contributed by atoms with Gasteiger partial charge in [-0.1, -0.05) is 18.2 Å². The van der Waals surface area contributed by atoms with Gasteiger partial charge in [-0.15, -0.1) is 0 Å². The highest BCUT2D eigenvalue weighted by atomic mass is 16.5. The van der Waals surface area contributed by atoms with Gasteiger partial charge in [-0.2, -0.15) is 0 Å². The number of para-hydroxylation sites is 1. The predicted molar refractivity (Wildman–Crippen MR) is 61.7 cm³/mol. The molecule has 0 radical (unpaired) electrons. The summed E-state index contributed by atoms with van der Waals surface area (Å²) in [5.74, 6) is -0.0704. The van der Waals surface area contributed by atoms with Gasteiger partial charge < -0.3 is 14.8 Å². The monoisotopic (exact) mass is 237 g/mol. The Morgan fingerprint density at radius 2 is 1.94 bits per heavy atom. The summed E-state index contributed by atoms with van der Waals surface area (Å²) >= 11 is 0. The van der Waals surface area contributed by atoms with E-state index < -0.39 is 5.97 Å². The fourth-order valence-electron chi connectivity index (χ4n) is 1.33. The number of carbonyl (C=O) groups excluding carboxylic acids is 2. The minimum Gasteiger partial charge on any atom is -0.496 e. The van der Waals surface area contributed by atoms with E-state index in [0.29, 0.717) is 5.75 Å². The van der Waals surface area contributed by atoms with Crippen molar-refractivity contribution in [2.75, 3.05) is 20.8 Å². The molecule has 0 atom stereocenters. The molecule has 0 aliphatic heterocycles. The van der Waals surface area contributed by atoms with Crippen LogP contribution in [0.4, 0.5) is 0 Å². The molecule has 0 unspecified atom stereocenters. The first-order valence-corrected chi connectivity index (χ1v) is 5.12. The van der Waals surface area contributed by atoms with Crippen LogP contribution < -0.4 is 10.1 Å². The first-order valence-electron chi connectivity index (χ1n) is 5.12. The predicted octanol–water partition coefficient (Wildman–Crippen LogP) is 0.527. The largest absolute Gasteiger partial charge is 0.496 e. The Labute approximate surface area is 99.7 Å². The lowest BCUT2D eigenvalue weighted by molar-refractivity contribution is -0.141. The molecule has 0 saturated carbocycles. The summed E-state index contributed by atoms with van der Waals surface area (Å²) in [5, 5.41) is 2.46. The molecule has 17 heavy (non-hydrogen) atoms. The minimum absolute atomic E-state index is 0.121. The van der Waals surface area contributed by atoms with Crippen molar-refractivity contribution in [2.45, 2.75) is 6.42 Å². The van der Waals surface area contributed by atoms with Crippen LogP contribution >= 0.6 is 0 Å². The zero-order chi connectivity index (χ0) is 12.7. The van der Waals surface area contributed by atoms with Crippen LogP contribution in [0.2, 0.25) is 0 Å². The number of amides is 1. The van der Waals surface area contributed by atoms with E-state index in [9.17, 15) is 9.59 Å². The van der Waals surface area contributed by atoms with Gasteiger partial charge in [0.15, 0.2) is 0 Å². The summed E-state index contributed by atoms with van der Waals surface area (Å²) in [4.78, 5) is 22.4. The van der Waals surface area contributed by atoms with Crippen molar-refractivity contribution >= 4 is 11.9 Å². The highest BCUT2D eigenvalue weighted by molar-refractivity contribution is 5.83. The zero-order valence-corrected chi connectivity index (χ0v) is 9.86. The molecule has 1 N–H and O–H groups in total. The van der Waals surface area contributed by atoms with Crippen molar-refractivity contribution in [3.8, 4) is 5.75 Å². The highest BCUT2D eigenvalue weighted by Gasteiger charge is 2.09. The Kier molecular flexibility index (Phi) is 5.00. The van der Waals surface area contributed by atoms with Crippen molar-refractivity contribution in [3.05, 3.63) is 29.8 Å². The Balaban J connectivity index is 2.53. The Morgan fingerprint density at radius 3 is 2.59 bits per heavy atom. The van der Waals surface area contributed by atoms with Crippen molar-refractivity contribution < 1.29 is 19.1 Å². The summed E-state index contributed by atoms with van der Waals surface area (Å²) < 4.78 is 9.54. The molecule has 0 saturated heterocycles. The van der Waals surface area contributed by atoms with Crippen molar-refractivity contribution in [2.24, 2.45) is 0 Å². The summed E-state index contributed by atoms with van der Waals surface area (Å²) in [5.41, 5.74) is 0.775. The molecule has 1 rings (SSSR count). The highest BCUT2D eigenvalue weighted by Crippen LogP contribution is 2.17. The molecule has 5 heteroatoms. The molecule has 92 valence electrons. The molecule has 0 bridgehead atoms. The van der Waals surface area contributed by atoms with E-state index >= 15 is 0 Å². The van der Waals surface area contributed by atoms with Crippen molar-refractivity contribution in [1.82, 2.24) is 5.32 Å². The maximum Gasteiger partial charge on any atom is 0.325 e. The smallest absolute Gasteiger partial charge is 0.325 e. The number of carbonyl (C=O) groups is 2. The number of rotatable bonds is 5. The van der Waals surface area contributed by atoms with Gasteiger partial charge in [-0.25, -0.2) is 0 Å². The van der Waals surface area contributed by atoms with E-state index in [2.05, 4.69) is 10.1 Å². The quantitative estimate of drug-likeness (QED) is 0.758. The van der Waals surface area contributed by atoms with Crippen LogP contribution in [-0.4, -0.2) is 32.6 Å². The Hall–Kier alpha value is -2.04. The standard InChI is InChI=1S/C12H15NO4/c1-16-10-6-4-3-5-9(10)7-11(14)13-8-12(15)17-2/h3-6H,7-8H2,1-2H3,(H,13,14). The lowest BCUT2D eigenvalue weighted by atomic mass is 10.1. The number of esters is 1. The summed E-state index contributed by atoms with van der Waals surface area (Å²) in [6, 6.07) is 7.24. The molecule has 0 aliphatic carbocycles. The van der Waals surface area contributed by atoms with Crippen molar-refractivity contribution in [1.29, 1.82) is 0 Å². The number of ether oxygens (including phenoxy) is 2. The van der Waals surface area contributed by atoms with Crippen LogP contribution in [0.3, 0.4) is 0 Å². The first kappa shape index (κ1) is 13.0. The van der Waals surface area contributed by atoms with E-state index in [1.165, 1.54) is 7.11 Å². The van der Waals surface area contributed by atoms with Gasteiger partial charge in [0, 0.05) is 5.56 Å². The lowest BCUT2D eigenvalue weighted by Crippen LogP contribution is -2.31. The van der Waals surface area contributed by atoms with Crippen LogP contribution in [0.5, 0.6) is 5.75 Å². The van der Waals surface area contributed by atoms with Gasteiger partial charge in [-0.3, -0.25) is 9.59 Å². The molecule has 1 aromatic rings. The molecular weight excluding hydrogens is 222 g/mol. The SMILES string of the molecule is COC(=O)CNC(=O)Cc1ccccc1OC. The summed E-state index contributed by atoms with van der Waals surface area (Å²) in [6.07, 6.45) is 0.168. The van der Waals surface area contributed by atoms with Crippen LogP contribution in [0.25, 0.3) is 0 Å². The van der Waals surface area contributed by atoms with Gasteiger partial charge in [0.05, 0.1) is 20.6 Å². The lowest BCUT2D eigenvalue weighted by Gasteiger charge is -2.08. The second-order valence-electron chi connectivity index (χ2n) is 3.34. The zero-order valence-electron chi connectivity index (χ0n) is 9.86. The van der Waals surface area contributed by atoms with Gasteiger partial charge in [-0.05, 0) is 6.07 Å². The van der Waals surface area contributed by atoms with Gasteiger partial charge in [0.25, 0.3) is 0 Å². The molecule has 1 aromatic carbocycles. The first-order chi connectivity index (χ1) is 8.17. The summed E-state index contributed by atoms with van der Waals surface area (Å²) in [6.45, 7) is -0.121. The average molecular weight is 237 g/mol. The van der Waals surface area contributed by atoms with E-state index in [-0.39, 0.29) is 18.9 Å². The Bertz CT molecular complexity index is 403. The number of methoxy groups -OCH3 is 2. The number of benzene rings is 1. The second-order valence-corrected chi connectivity index (χ2v) is 3.34. The van der Waals surface area contributed by atoms with Gasteiger partial charge >= 0.3 is 5.97 Å². The number of hydrogen-bond acceptors (Lipinski definition) is 4. The van der Waals surface area contributed by atoms with Gasteiger partial charge in [0.1, 0.15) is 12.3 Å². The van der Waals surface area contributed by atoms with Crippen LogP contribution in [-0.2, 0) is 20.7 Å². The minimum atomic E-state index is -0.474. The second kappa shape index (κ2) is 6.52. The molecular formula is C12H15NO4. The molecule has 5 nitrogen and oxygen atoms in total. The average Bonchev–Trinajstić information content (AvgIpc) is 2.36. The van der Waals surface area contributed by atoms with E-state index in [4.69, 9.17) is 4.74 Å². The van der Waals surface area contributed by atoms with Gasteiger partial charge in [0.2, 0.25) is 5.91 Å². The molecule has 0 heterocycles. The number of nitrogens with one attached hydrogen (secondary N) is 1. The molecule has 0 aromatic heterocycles. The fourth-order valence-corrected chi connectivity index (χ4v) is 1.33. The van der Waals surface area contributed by atoms with E-state index in [1.807, 2.05) is 12.1 Å². The van der Waals surface area contributed by atoms with Crippen LogP contribution in [0, 0.1) is 0 Å². The fraction of sp³-hybridized carbons (Fsp3) is 0.333. The van der Waals surface area contributed by atoms with E-state index in [1.54, 1.807) is 19.2 Å². The topological polar surface area (TPSA) is 64.6 Å². The number of hydrogen-bond donors (Lipinski definition) is 1. The van der Waals surface area contributed by atoms with Crippen molar-refractivity contribution in [3.63, 3.8) is 0 Å². The third kappa shape index (κ3) is 4.14. The Morgan fingerprint density at radius 1 is 1.24 bits per heavy atom. The maximum atomic E-state index is 11.5. The molecule has 0 spiro atoms. The molecule has 1 amide bonds. The third-order valence-corrected chi connectivity index (χ3v) is 2.20. The molecule has 0 aliphatic rings. The van der Waals surface area contributed by atoms with Crippen LogP contribution in [0.1, 0.15) is 5.56 Å². The maximum absolute atomic E-state index is 11.5.